The van der Waals surface area contributed by atoms with Crippen LogP contribution < -0.4 is 4.74 Å². The molecule has 0 aromatic heterocycles. The fourth-order valence-electron chi connectivity index (χ4n) is 1.59. The van der Waals surface area contributed by atoms with E-state index in [4.69, 9.17) is 10.1 Å². The van der Waals surface area contributed by atoms with Gasteiger partial charge in [-0.1, -0.05) is 15.9 Å². The molecule has 0 aliphatic carbocycles. The van der Waals surface area contributed by atoms with Crippen LogP contribution in [0.15, 0.2) is 27.7 Å². The maximum Gasteiger partial charge on any atom is 0.137 e. The summed E-state index contributed by atoms with van der Waals surface area (Å²) in [6.07, 6.45) is 1.65. The van der Waals surface area contributed by atoms with Crippen molar-refractivity contribution in [1.29, 1.82) is 5.41 Å². The quantitative estimate of drug-likeness (QED) is 0.633. The average Bonchev–Trinajstić information content (AvgIpc) is 2.42. The Hall–Kier alpha value is -1.36. The van der Waals surface area contributed by atoms with Crippen LogP contribution in [0.25, 0.3) is 0 Å². The first-order valence-corrected chi connectivity index (χ1v) is 5.72. The fraction of sp³-hybridized carbons (Fsp3) is 0.273. The van der Waals surface area contributed by atoms with E-state index >= 15 is 0 Å². The van der Waals surface area contributed by atoms with Gasteiger partial charge in [0.25, 0.3) is 0 Å². The molecule has 16 heavy (non-hydrogen) atoms. The van der Waals surface area contributed by atoms with E-state index in [9.17, 15) is 0 Å². The Kier molecular flexibility index (Phi) is 3.24. The van der Waals surface area contributed by atoms with E-state index < -0.39 is 0 Å². The van der Waals surface area contributed by atoms with E-state index in [2.05, 4.69) is 20.9 Å². The fourth-order valence-corrected chi connectivity index (χ4v) is 1.95. The summed E-state index contributed by atoms with van der Waals surface area (Å²) in [5.41, 5.74) is 0.784. The molecule has 0 amide bonds. The lowest BCUT2D eigenvalue weighted by atomic mass is 10.2. The highest BCUT2D eigenvalue weighted by Gasteiger charge is 2.19. The molecule has 0 spiro atoms. The molecule has 2 rings (SSSR count). The molecule has 0 fully saturated rings. The van der Waals surface area contributed by atoms with Crippen molar-refractivity contribution >= 4 is 28.1 Å². The van der Waals surface area contributed by atoms with Gasteiger partial charge >= 0.3 is 0 Å². The molecule has 1 aromatic rings. The van der Waals surface area contributed by atoms with Gasteiger partial charge in [-0.05, 0) is 18.2 Å². The largest absolute Gasteiger partial charge is 0.491 e. The maximum absolute atomic E-state index is 8.10. The van der Waals surface area contributed by atoms with Gasteiger partial charge in [0.05, 0.1) is 18.4 Å². The zero-order valence-electron chi connectivity index (χ0n) is 8.90. The SMILES string of the molecule is CN=CN1CCOc2ccc(Br)cc2C1=N. The summed E-state index contributed by atoms with van der Waals surface area (Å²) < 4.78 is 6.53. The summed E-state index contributed by atoms with van der Waals surface area (Å²) in [5, 5.41) is 8.10. The Labute approximate surface area is 103 Å². The number of hydrogen-bond donors (Lipinski definition) is 1. The second kappa shape index (κ2) is 4.65. The molecular formula is C11H12BrN3O. The minimum absolute atomic E-state index is 0.416. The van der Waals surface area contributed by atoms with Gasteiger partial charge in [-0.2, -0.15) is 0 Å². The van der Waals surface area contributed by atoms with Crippen molar-refractivity contribution in [2.75, 3.05) is 20.2 Å². The molecule has 84 valence electrons. The summed E-state index contributed by atoms with van der Waals surface area (Å²) >= 11 is 3.40. The Morgan fingerprint density at radius 1 is 1.56 bits per heavy atom. The van der Waals surface area contributed by atoms with Crippen LogP contribution in [0, 0.1) is 5.41 Å². The van der Waals surface area contributed by atoms with Crippen molar-refractivity contribution in [3.63, 3.8) is 0 Å². The van der Waals surface area contributed by atoms with Crippen LogP contribution in [0.3, 0.4) is 0 Å². The molecule has 0 unspecified atom stereocenters. The predicted molar refractivity (Wildman–Crippen MR) is 67.6 cm³/mol. The van der Waals surface area contributed by atoms with E-state index in [0.717, 1.165) is 15.8 Å². The van der Waals surface area contributed by atoms with Crippen molar-refractivity contribution in [1.82, 2.24) is 4.90 Å². The van der Waals surface area contributed by atoms with Gasteiger partial charge in [0.2, 0.25) is 0 Å². The zero-order chi connectivity index (χ0) is 11.5. The van der Waals surface area contributed by atoms with Gasteiger partial charge in [-0.15, -0.1) is 0 Å². The highest BCUT2D eigenvalue weighted by atomic mass is 79.9. The predicted octanol–water partition coefficient (Wildman–Crippen LogP) is 2.13. The molecule has 1 aromatic carbocycles. The van der Waals surface area contributed by atoms with Crippen molar-refractivity contribution in [2.24, 2.45) is 4.99 Å². The molecule has 1 aliphatic rings. The molecule has 1 heterocycles. The zero-order valence-corrected chi connectivity index (χ0v) is 10.5. The number of ether oxygens (including phenoxy) is 1. The first kappa shape index (κ1) is 11.1. The normalized spacial score (nSPS) is 15.9. The molecule has 0 radical (unpaired) electrons. The molecule has 0 saturated carbocycles. The Balaban J connectivity index is 2.43. The van der Waals surface area contributed by atoms with Crippen molar-refractivity contribution in [3.8, 4) is 5.75 Å². The molecular weight excluding hydrogens is 270 g/mol. The molecule has 4 nitrogen and oxygen atoms in total. The van der Waals surface area contributed by atoms with E-state index in [0.29, 0.717) is 19.0 Å². The molecule has 1 aliphatic heterocycles. The summed E-state index contributed by atoms with van der Waals surface area (Å²) in [6, 6.07) is 5.68. The standard InChI is InChI=1S/C11H12BrN3O/c1-14-7-15-4-5-16-10-3-2-8(12)6-9(10)11(15)13/h2-3,6-7,13H,4-5H2,1H3. The second-order valence-corrected chi connectivity index (χ2v) is 4.32. The van der Waals surface area contributed by atoms with Crippen LogP contribution in [-0.2, 0) is 0 Å². The Morgan fingerprint density at radius 2 is 2.38 bits per heavy atom. The lowest BCUT2D eigenvalue weighted by Crippen LogP contribution is -2.31. The van der Waals surface area contributed by atoms with E-state index in [1.807, 2.05) is 18.2 Å². The minimum atomic E-state index is 0.416. The number of fused-ring (bicyclic) bond motifs is 1. The third-order valence-corrected chi connectivity index (χ3v) is 2.82. The van der Waals surface area contributed by atoms with Crippen LogP contribution in [-0.4, -0.2) is 37.3 Å². The topological polar surface area (TPSA) is 48.7 Å². The van der Waals surface area contributed by atoms with Gasteiger partial charge in [-0.25, -0.2) is 0 Å². The third-order valence-electron chi connectivity index (χ3n) is 2.33. The van der Waals surface area contributed by atoms with E-state index in [1.165, 1.54) is 0 Å². The molecule has 0 saturated heterocycles. The highest BCUT2D eigenvalue weighted by molar-refractivity contribution is 9.10. The number of halogens is 1. The van der Waals surface area contributed by atoms with Crippen molar-refractivity contribution in [3.05, 3.63) is 28.2 Å². The van der Waals surface area contributed by atoms with E-state index in [-0.39, 0.29) is 0 Å². The molecule has 1 N–H and O–H groups in total. The summed E-state index contributed by atoms with van der Waals surface area (Å²) in [6.45, 7) is 1.20. The van der Waals surface area contributed by atoms with Crippen LogP contribution in [0.5, 0.6) is 5.75 Å². The van der Waals surface area contributed by atoms with Gasteiger partial charge in [0.15, 0.2) is 0 Å². The van der Waals surface area contributed by atoms with Gasteiger partial charge in [-0.3, -0.25) is 10.4 Å². The van der Waals surface area contributed by atoms with Crippen LogP contribution >= 0.6 is 15.9 Å². The Morgan fingerprint density at radius 3 is 3.12 bits per heavy atom. The highest BCUT2D eigenvalue weighted by Crippen LogP contribution is 2.26. The first-order valence-electron chi connectivity index (χ1n) is 4.92. The maximum atomic E-state index is 8.10. The van der Waals surface area contributed by atoms with Crippen LogP contribution in [0.1, 0.15) is 5.56 Å². The number of amidine groups is 1. The lowest BCUT2D eigenvalue weighted by molar-refractivity contribution is 0.308. The minimum Gasteiger partial charge on any atom is -0.491 e. The second-order valence-electron chi connectivity index (χ2n) is 3.40. The smallest absolute Gasteiger partial charge is 0.137 e. The number of hydrogen-bond acceptors (Lipinski definition) is 3. The summed E-state index contributed by atoms with van der Waals surface area (Å²) in [7, 11) is 1.70. The number of rotatable bonds is 1. The van der Waals surface area contributed by atoms with Crippen LogP contribution in [0.2, 0.25) is 0 Å². The number of nitrogens with zero attached hydrogens (tertiary/aromatic N) is 2. The van der Waals surface area contributed by atoms with Gasteiger partial charge < -0.3 is 9.64 Å². The Bertz CT molecular complexity index is 445. The summed E-state index contributed by atoms with van der Waals surface area (Å²) in [5.74, 6) is 1.17. The van der Waals surface area contributed by atoms with Gasteiger partial charge in [0.1, 0.15) is 18.2 Å². The lowest BCUT2D eigenvalue weighted by Gasteiger charge is -2.16. The third kappa shape index (κ3) is 2.09. The first-order chi connectivity index (χ1) is 7.72. The van der Waals surface area contributed by atoms with Crippen molar-refractivity contribution < 1.29 is 4.74 Å². The van der Waals surface area contributed by atoms with Crippen LogP contribution in [0.4, 0.5) is 0 Å². The molecule has 5 heteroatoms. The molecule has 0 atom stereocenters. The number of benzene rings is 1. The number of aliphatic imine (C=N–C) groups is 1. The number of nitrogens with one attached hydrogen (secondary N) is 1. The summed E-state index contributed by atoms with van der Waals surface area (Å²) in [4.78, 5) is 5.72. The molecule has 0 bridgehead atoms. The monoisotopic (exact) mass is 281 g/mol. The van der Waals surface area contributed by atoms with E-state index in [1.54, 1.807) is 18.3 Å². The van der Waals surface area contributed by atoms with Crippen molar-refractivity contribution in [2.45, 2.75) is 0 Å². The van der Waals surface area contributed by atoms with Gasteiger partial charge in [0, 0.05) is 11.5 Å². The average molecular weight is 282 g/mol.